The molecule has 2 aliphatic heterocycles. The first-order chi connectivity index (χ1) is 20.4. The van der Waals surface area contributed by atoms with Crippen molar-refractivity contribution in [3.8, 4) is 11.5 Å². The molecule has 1 saturated heterocycles. The van der Waals surface area contributed by atoms with E-state index in [9.17, 15) is 14.4 Å². The Morgan fingerprint density at radius 3 is 2.55 bits per heavy atom. The van der Waals surface area contributed by atoms with Gasteiger partial charge in [0.15, 0.2) is 0 Å². The molecule has 4 amide bonds. The maximum absolute atomic E-state index is 13.5. The molecule has 3 aromatic carbocycles. The lowest BCUT2D eigenvalue weighted by Crippen LogP contribution is -2.54. The summed E-state index contributed by atoms with van der Waals surface area (Å²) < 4.78 is 17.5. The van der Waals surface area contributed by atoms with Crippen LogP contribution in [0.15, 0.2) is 72.8 Å². The third kappa shape index (κ3) is 7.19. The van der Waals surface area contributed by atoms with Gasteiger partial charge < -0.3 is 35.1 Å². The quantitative estimate of drug-likeness (QED) is 0.367. The van der Waals surface area contributed by atoms with Crippen LogP contribution in [0.1, 0.15) is 35.2 Å². The number of methoxy groups -OCH3 is 1. The summed E-state index contributed by atoms with van der Waals surface area (Å²) in [5, 5.41) is 8.52. The second-order valence-electron chi connectivity index (χ2n) is 10.5. The Hall–Kier alpha value is -4.57. The van der Waals surface area contributed by atoms with E-state index in [-0.39, 0.29) is 43.1 Å². The normalized spacial score (nSPS) is 19.7. The van der Waals surface area contributed by atoms with E-state index in [2.05, 4.69) is 16.0 Å². The Bertz CT molecular complexity index is 1420. The molecule has 42 heavy (non-hydrogen) atoms. The monoisotopic (exact) mass is 572 g/mol. The van der Waals surface area contributed by atoms with E-state index in [1.807, 2.05) is 30.3 Å². The van der Waals surface area contributed by atoms with E-state index in [4.69, 9.17) is 14.2 Å². The second kappa shape index (κ2) is 13.4. The number of nitrogens with zero attached hydrogens (tertiary/aromatic N) is 1. The average molecular weight is 573 g/mol. The highest BCUT2D eigenvalue weighted by molar-refractivity contribution is 6.02. The van der Waals surface area contributed by atoms with E-state index >= 15 is 0 Å². The number of hydrogen-bond donors (Lipinski definition) is 3. The molecule has 0 saturated carbocycles. The van der Waals surface area contributed by atoms with Crippen molar-refractivity contribution in [2.24, 2.45) is 0 Å². The first-order valence-corrected chi connectivity index (χ1v) is 14.1. The first-order valence-electron chi connectivity index (χ1n) is 14.1. The lowest BCUT2D eigenvalue weighted by Gasteiger charge is -2.42. The molecular formula is C32H36N4O6. The van der Waals surface area contributed by atoms with Gasteiger partial charge in [0, 0.05) is 31.0 Å². The van der Waals surface area contributed by atoms with Crippen LogP contribution in [0.3, 0.4) is 0 Å². The summed E-state index contributed by atoms with van der Waals surface area (Å²) in [6.45, 7) is 0.808. The standard InChI is InChI=1S/C32H36N4O6/c1-36-27-13-12-25(19-30(37)33-16-15-21-7-4-3-5-8-21)42-29(27)20-41-28-14-11-23(18-26(28)31(36)38)35-32(39)34-22-9-6-10-24(17-22)40-2/h3-11,14,17-18,25,27,29H,12-13,15-16,19-20H2,1-2H3,(H,33,37)(H2,34,35,39)/t25-,27+,29+/m0/s1. The first kappa shape index (κ1) is 28.9. The smallest absolute Gasteiger partial charge is 0.323 e. The van der Waals surface area contributed by atoms with Gasteiger partial charge in [-0.15, -0.1) is 0 Å². The van der Waals surface area contributed by atoms with Gasteiger partial charge in [-0.3, -0.25) is 9.59 Å². The van der Waals surface area contributed by atoms with Crippen LogP contribution < -0.4 is 25.4 Å². The zero-order chi connectivity index (χ0) is 29.5. The number of benzene rings is 3. The predicted octanol–water partition coefficient (Wildman–Crippen LogP) is 4.47. The number of hydrogen-bond acceptors (Lipinski definition) is 6. The molecule has 0 radical (unpaired) electrons. The molecule has 1 fully saturated rings. The van der Waals surface area contributed by atoms with Crippen molar-refractivity contribution in [2.75, 3.05) is 37.9 Å². The van der Waals surface area contributed by atoms with E-state index in [0.29, 0.717) is 47.8 Å². The predicted molar refractivity (Wildman–Crippen MR) is 159 cm³/mol. The summed E-state index contributed by atoms with van der Waals surface area (Å²) in [6, 6.07) is 21.4. The number of fused-ring (bicyclic) bond motifs is 2. The molecule has 2 heterocycles. The number of rotatable bonds is 8. The Kier molecular flexibility index (Phi) is 9.23. The molecule has 0 unspecified atom stereocenters. The number of carbonyl (C=O) groups is 3. The van der Waals surface area contributed by atoms with Gasteiger partial charge in [0.05, 0.1) is 31.2 Å². The summed E-state index contributed by atoms with van der Waals surface area (Å²) in [6.07, 6.45) is 1.77. The third-order valence-corrected chi connectivity index (χ3v) is 7.59. The van der Waals surface area contributed by atoms with Crippen LogP contribution in [0, 0.1) is 0 Å². The van der Waals surface area contributed by atoms with Crippen LogP contribution in [0.5, 0.6) is 11.5 Å². The molecule has 5 rings (SSSR count). The van der Waals surface area contributed by atoms with E-state index < -0.39 is 6.03 Å². The molecule has 0 aliphatic carbocycles. The molecule has 0 aromatic heterocycles. The van der Waals surface area contributed by atoms with Crippen LogP contribution in [-0.2, 0) is 16.0 Å². The van der Waals surface area contributed by atoms with Gasteiger partial charge in [0.2, 0.25) is 5.91 Å². The van der Waals surface area contributed by atoms with E-state index in [1.54, 1.807) is 61.5 Å². The fourth-order valence-electron chi connectivity index (χ4n) is 5.37. The molecule has 10 heteroatoms. The number of carbonyl (C=O) groups excluding carboxylic acids is 3. The molecule has 3 aromatic rings. The van der Waals surface area contributed by atoms with Crippen molar-refractivity contribution in [3.63, 3.8) is 0 Å². The van der Waals surface area contributed by atoms with Crippen molar-refractivity contribution in [2.45, 2.75) is 43.9 Å². The number of urea groups is 1. The number of ether oxygens (including phenoxy) is 3. The van der Waals surface area contributed by atoms with Crippen molar-refractivity contribution >= 4 is 29.2 Å². The topological polar surface area (TPSA) is 118 Å². The van der Waals surface area contributed by atoms with E-state index in [1.165, 1.54) is 5.56 Å². The van der Waals surface area contributed by atoms with Gasteiger partial charge in [0.25, 0.3) is 5.91 Å². The average Bonchev–Trinajstić information content (AvgIpc) is 3.00. The summed E-state index contributed by atoms with van der Waals surface area (Å²) in [5.74, 6) is 0.759. The molecule has 10 nitrogen and oxygen atoms in total. The second-order valence-corrected chi connectivity index (χ2v) is 10.5. The van der Waals surface area contributed by atoms with Crippen LogP contribution >= 0.6 is 0 Å². The highest BCUT2D eigenvalue weighted by atomic mass is 16.5. The van der Waals surface area contributed by atoms with Gasteiger partial charge in [0.1, 0.15) is 24.2 Å². The summed E-state index contributed by atoms with van der Waals surface area (Å²) in [7, 11) is 3.31. The highest BCUT2D eigenvalue weighted by Gasteiger charge is 2.39. The maximum Gasteiger partial charge on any atom is 0.323 e. The lowest BCUT2D eigenvalue weighted by molar-refractivity contribution is -0.134. The number of anilines is 2. The zero-order valence-electron chi connectivity index (χ0n) is 23.8. The SMILES string of the molecule is COc1cccc(NC(=O)Nc2ccc3c(c2)C(=O)N(C)[C@@H]2CC[C@@H](CC(=O)NCCc4ccccc4)O[C@@H]2CO3)c1. The Labute approximate surface area is 245 Å². The van der Waals surface area contributed by atoms with Crippen LogP contribution in [0.4, 0.5) is 16.2 Å². The summed E-state index contributed by atoms with van der Waals surface area (Å²) >= 11 is 0. The van der Waals surface area contributed by atoms with Gasteiger partial charge >= 0.3 is 6.03 Å². The molecule has 220 valence electrons. The zero-order valence-corrected chi connectivity index (χ0v) is 23.8. The third-order valence-electron chi connectivity index (χ3n) is 7.59. The molecule has 3 atom stereocenters. The summed E-state index contributed by atoms with van der Waals surface area (Å²) in [5.41, 5.74) is 2.56. The largest absolute Gasteiger partial charge is 0.497 e. The molecule has 3 N–H and O–H groups in total. The van der Waals surface area contributed by atoms with Gasteiger partial charge in [-0.1, -0.05) is 36.4 Å². The Morgan fingerprint density at radius 2 is 1.76 bits per heavy atom. The van der Waals surface area contributed by atoms with Crippen LogP contribution in [-0.4, -0.2) is 68.3 Å². The molecule has 0 spiro atoms. The Morgan fingerprint density at radius 1 is 0.976 bits per heavy atom. The van der Waals surface area contributed by atoms with Gasteiger partial charge in [-0.2, -0.15) is 0 Å². The summed E-state index contributed by atoms with van der Waals surface area (Å²) in [4.78, 5) is 40.4. The van der Waals surface area contributed by atoms with E-state index in [0.717, 1.165) is 6.42 Å². The minimum Gasteiger partial charge on any atom is -0.497 e. The molecular weight excluding hydrogens is 536 g/mol. The van der Waals surface area contributed by atoms with Crippen molar-refractivity contribution in [1.29, 1.82) is 0 Å². The van der Waals surface area contributed by atoms with Crippen molar-refractivity contribution in [3.05, 3.63) is 83.9 Å². The lowest BCUT2D eigenvalue weighted by atomic mass is 9.94. The fraction of sp³-hybridized carbons (Fsp3) is 0.344. The minimum absolute atomic E-state index is 0.0496. The van der Waals surface area contributed by atoms with Crippen LogP contribution in [0.2, 0.25) is 0 Å². The fourth-order valence-corrected chi connectivity index (χ4v) is 5.37. The Balaban J connectivity index is 1.17. The number of nitrogens with one attached hydrogen (secondary N) is 3. The van der Waals surface area contributed by atoms with Crippen molar-refractivity contribution < 1.29 is 28.6 Å². The molecule has 0 bridgehead atoms. The molecule has 2 aliphatic rings. The van der Waals surface area contributed by atoms with Crippen LogP contribution in [0.25, 0.3) is 0 Å². The number of amides is 4. The van der Waals surface area contributed by atoms with Gasteiger partial charge in [-0.05, 0) is 55.2 Å². The highest BCUT2D eigenvalue weighted by Crippen LogP contribution is 2.32. The minimum atomic E-state index is -0.452. The van der Waals surface area contributed by atoms with Crippen molar-refractivity contribution in [1.82, 2.24) is 10.2 Å². The number of likely N-dealkylation sites (N-methyl/N-ethyl adjacent to an activating group) is 1. The maximum atomic E-state index is 13.5. The van der Waals surface area contributed by atoms with Gasteiger partial charge in [-0.25, -0.2) is 4.79 Å².